The number of nitrogens with zero attached hydrogens (tertiary/aromatic N) is 2. The molecule has 2 aliphatic rings. The van der Waals surface area contributed by atoms with E-state index in [9.17, 15) is 9.59 Å². The molecule has 1 saturated carbocycles. The second-order valence-electron chi connectivity index (χ2n) is 6.09. The smallest absolute Gasteiger partial charge is 0.359 e. The summed E-state index contributed by atoms with van der Waals surface area (Å²) in [6, 6.07) is 1.60. The number of aromatic nitrogens is 2. The van der Waals surface area contributed by atoms with Gasteiger partial charge in [0.2, 0.25) is 5.60 Å². The predicted molar refractivity (Wildman–Crippen MR) is 67.6 cm³/mol. The van der Waals surface area contributed by atoms with Crippen molar-refractivity contribution in [1.82, 2.24) is 9.97 Å². The Morgan fingerprint density at radius 1 is 1.25 bits per heavy atom. The van der Waals surface area contributed by atoms with Crippen molar-refractivity contribution in [3.63, 3.8) is 0 Å². The van der Waals surface area contributed by atoms with Crippen LogP contribution in [0.2, 0.25) is 0 Å². The van der Waals surface area contributed by atoms with Crippen LogP contribution in [0.5, 0.6) is 6.01 Å². The molecule has 2 unspecified atom stereocenters. The molecule has 1 aromatic heterocycles. The van der Waals surface area contributed by atoms with Crippen molar-refractivity contribution in [2.24, 2.45) is 10.8 Å². The summed E-state index contributed by atoms with van der Waals surface area (Å²) in [5, 5.41) is 0. The molecule has 0 amide bonds. The number of hydrogen-bond donors (Lipinski definition) is 0. The van der Waals surface area contributed by atoms with Gasteiger partial charge in [0.05, 0.1) is 5.41 Å². The van der Waals surface area contributed by atoms with E-state index in [0.29, 0.717) is 12.8 Å². The van der Waals surface area contributed by atoms with E-state index in [1.165, 1.54) is 12.4 Å². The summed E-state index contributed by atoms with van der Waals surface area (Å²) in [5.74, 6) is -0.928. The number of ether oxygens (including phenoxy) is 2. The van der Waals surface area contributed by atoms with Crippen molar-refractivity contribution in [2.75, 3.05) is 0 Å². The van der Waals surface area contributed by atoms with E-state index < -0.39 is 22.4 Å². The van der Waals surface area contributed by atoms with Gasteiger partial charge in [-0.2, -0.15) is 0 Å². The number of fused-ring (bicyclic) bond motifs is 2. The molecule has 20 heavy (non-hydrogen) atoms. The van der Waals surface area contributed by atoms with Gasteiger partial charge in [0.15, 0.2) is 0 Å². The van der Waals surface area contributed by atoms with Gasteiger partial charge < -0.3 is 9.47 Å². The Labute approximate surface area is 116 Å². The molecule has 6 nitrogen and oxygen atoms in total. The highest BCUT2D eigenvalue weighted by Crippen LogP contribution is 2.65. The molecule has 0 N–H and O–H groups in total. The second-order valence-corrected chi connectivity index (χ2v) is 6.09. The fraction of sp³-hybridized carbons (Fsp3) is 0.571. The predicted octanol–water partition coefficient (Wildman–Crippen LogP) is 1.50. The van der Waals surface area contributed by atoms with Crippen LogP contribution in [0.15, 0.2) is 18.5 Å². The third-order valence-corrected chi connectivity index (χ3v) is 5.14. The lowest BCUT2D eigenvalue weighted by atomic mass is 9.66. The summed E-state index contributed by atoms with van der Waals surface area (Å²) in [4.78, 5) is 32.3. The minimum absolute atomic E-state index is 0.0285. The molecular weight excluding hydrogens is 260 g/mol. The highest BCUT2D eigenvalue weighted by molar-refractivity contribution is 5.94. The highest BCUT2D eigenvalue weighted by Gasteiger charge is 2.76. The van der Waals surface area contributed by atoms with Crippen LogP contribution in [0.25, 0.3) is 0 Å². The molecule has 2 atom stereocenters. The minimum atomic E-state index is -1.24. The summed E-state index contributed by atoms with van der Waals surface area (Å²) >= 11 is 0. The van der Waals surface area contributed by atoms with E-state index in [0.717, 1.165) is 0 Å². The molecule has 3 rings (SSSR count). The zero-order chi connectivity index (χ0) is 14.6. The Hall–Kier alpha value is -1.98. The number of hydrogen-bond acceptors (Lipinski definition) is 6. The maximum atomic E-state index is 12.5. The SMILES string of the molecule is CC12CCC(C(=O)Oc3ncccn3)(OC1=O)C2(C)C. The highest BCUT2D eigenvalue weighted by atomic mass is 16.6. The van der Waals surface area contributed by atoms with Gasteiger partial charge in [-0.3, -0.25) is 4.79 Å². The molecular formula is C14H16N2O4. The lowest BCUT2D eigenvalue weighted by Gasteiger charge is -2.34. The summed E-state index contributed by atoms with van der Waals surface area (Å²) in [7, 11) is 0. The monoisotopic (exact) mass is 276 g/mol. The maximum absolute atomic E-state index is 12.5. The zero-order valence-electron chi connectivity index (χ0n) is 11.7. The van der Waals surface area contributed by atoms with E-state index in [-0.39, 0.29) is 12.0 Å². The molecule has 106 valence electrons. The molecule has 1 aromatic rings. The largest absolute Gasteiger partial charge is 0.446 e. The Morgan fingerprint density at radius 3 is 2.40 bits per heavy atom. The van der Waals surface area contributed by atoms with Crippen LogP contribution in [0.4, 0.5) is 0 Å². The van der Waals surface area contributed by atoms with Gasteiger partial charge in [0, 0.05) is 17.8 Å². The molecule has 0 aromatic carbocycles. The van der Waals surface area contributed by atoms with Gasteiger partial charge >= 0.3 is 17.9 Å². The Bertz CT molecular complexity index is 586. The first-order valence-corrected chi connectivity index (χ1v) is 6.56. The van der Waals surface area contributed by atoms with Gasteiger partial charge in [-0.1, -0.05) is 13.8 Å². The van der Waals surface area contributed by atoms with Crippen LogP contribution in [-0.4, -0.2) is 27.5 Å². The lowest BCUT2D eigenvalue weighted by molar-refractivity contribution is -0.176. The third-order valence-electron chi connectivity index (χ3n) is 5.14. The average molecular weight is 276 g/mol. The van der Waals surface area contributed by atoms with Crippen LogP contribution in [0, 0.1) is 10.8 Å². The number of carbonyl (C=O) groups excluding carboxylic acids is 2. The Kier molecular flexibility index (Phi) is 2.46. The van der Waals surface area contributed by atoms with E-state index in [1.807, 2.05) is 20.8 Å². The van der Waals surface area contributed by atoms with Gasteiger partial charge in [-0.05, 0) is 25.8 Å². The quantitative estimate of drug-likeness (QED) is 0.762. The number of carbonyl (C=O) groups is 2. The number of esters is 2. The first kappa shape index (κ1) is 13.0. The maximum Gasteiger partial charge on any atom is 0.359 e. The molecule has 2 bridgehead atoms. The third kappa shape index (κ3) is 1.34. The fourth-order valence-electron chi connectivity index (χ4n) is 3.21. The molecule has 6 heteroatoms. The van der Waals surface area contributed by atoms with Crippen molar-refractivity contribution in [3.8, 4) is 6.01 Å². The summed E-state index contributed by atoms with van der Waals surface area (Å²) < 4.78 is 10.6. The van der Waals surface area contributed by atoms with E-state index in [2.05, 4.69) is 9.97 Å². The standard InChI is InChI=1S/C14H16N2O4/c1-12(2)13(3)5-6-14(12,20-9(13)17)10(18)19-11-15-7-4-8-16-11/h4,7-8H,5-6H2,1-3H3. The minimum Gasteiger partial charge on any atom is -0.446 e. The van der Waals surface area contributed by atoms with Gasteiger partial charge in [-0.15, -0.1) is 0 Å². The van der Waals surface area contributed by atoms with Crippen molar-refractivity contribution in [1.29, 1.82) is 0 Å². The Balaban J connectivity index is 1.94. The molecule has 0 spiro atoms. The van der Waals surface area contributed by atoms with E-state index >= 15 is 0 Å². The average Bonchev–Trinajstić information content (AvgIpc) is 2.70. The first-order valence-electron chi connectivity index (χ1n) is 6.56. The fourth-order valence-corrected chi connectivity index (χ4v) is 3.21. The molecule has 1 aliphatic carbocycles. The van der Waals surface area contributed by atoms with Crippen molar-refractivity contribution < 1.29 is 19.1 Å². The van der Waals surface area contributed by atoms with Crippen LogP contribution in [-0.2, 0) is 14.3 Å². The van der Waals surface area contributed by atoms with Gasteiger partial charge in [-0.25, -0.2) is 14.8 Å². The van der Waals surface area contributed by atoms with Gasteiger partial charge in [0.1, 0.15) is 0 Å². The molecule has 0 radical (unpaired) electrons. The van der Waals surface area contributed by atoms with E-state index in [4.69, 9.17) is 9.47 Å². The van der Waals surface area contributed by atoms with Crippen molar-refractivity contribution in [3.05, 3.63) is 18.5 Å². The van der Waals surface area contributed by atoms with Crippen LogP contribution in [0.1, 0.15) is 33.6 Å². The molecule has 1 aliphatic heterocycles. The molecule has 1 saturated heterocycles. The first-order chi connectivity index (χ1) is 9.33. The van der Waals surface area contributed by atoms with E-state index in [1.54, 1.807) is 6.07 Å². The van der Waals surface area contributed by atoms with Crippen LogP contribution < -0.4 is 4.74 Å². The van der Waals surface area contributed by atoms with Crippen molar-refractivity contribution >= 4 is 11.9 Å². The summed E-state index contributed by atoms with van der Waals surface area (Å²) in [6.07, 6.45) is 4.05. The van der Waals surface area contributed by atoms with Gasteiger partial charge in [0.25, 0.3) is 0 Å². The lowest BCUT2D eigenvalue weighted by Crippen LogP contribution is -2.50. The summed E-state index contributed by atoms with van der Waals surface area (Å²) in [5.41, 5.74) is -2.51. The topological polar surface area (TPSA) is 78.4 Å². The Morgan fingerprint density at radius 2 is 1.90 bits per heavy atom. The number of rotatable bonds is 2. The second kappa shape index (κ2) is 3.77. The van der Waals surface area contributed by atoms with Crippen molar-refractivity contribution in [2.45, 2.75) is 39.2 Å². The summed E-state index contributed by atoms with van der Waals surface area (Å²) in [6.45, 7) is 5.59. The normalized spacial score (nSPS) is 33.9. The molecule has 2 fully saturated rings. The van der Waals surface area contributed by atoms with Crippen LogP contribution >= 0.6 is 0 Å². The van der Waals surface area contributed by atoms with Crippen LogP contribution in [0.3, 0.4) is 0 Å². The zero-order valence-corrected chi connectivity index (χ0v) is 11.7. The molecule has 2 heterocycles.